The lowest BCUT2D eigenvalue weighted by Crippen LogP contribution is -2.52. The molecule has 1 aliphatic heterocycles. The predicted octanol–water partition coefficient (Wildman–Crippen LogP) is 2.95. The lowest BCUT2D eigenvalue weighted by molar-refractivity contribution is -0.135. The summed E-state index contributed by atoms with van der Waals surface area (Å²) < 4.78 is 5.18. The van der Waals surface area contributed by atoms with Crippen LogP contribution in [0.15, 0.2) is 24.3 Å². The van der Waals surface area contributed by atoms with Crippen molar-refractivity contribution in [2.45, 2.75) is 44.6 Å². The molecule has 2 rings (SSSR count). The van der Waals surface area contributed by atoms with Crippen LogP contribution in [0.2, 0.25) is 0 Å². The summed E-state index contributed by atoms with van der Waals surface area (Å²) >= 11 is 0. The van der Waals surface area contributed by atoms with Crippen molar-refractivity contribution in [3.8, 4) is 5.75 Å². The number of halogens is 1. The molecule has 0 spiro atoms. The zero-order chi connectivity index (χ0) is 15.5. The van der Waals surface area contributed by atoms with Gasteiger partial charge in [-0.25, -0.2) is 0 Å². The van der Waals surface area contributed by atoms with E-state index in [0.717, 1.165) is 38.1 Å². The summed E-state index contributed by atoms with van der Waals surface area (Å²) in [6.07, 6.45) is 2.66. The lowest BCUT2D eigenvalue weighted by atomic mass is 9.95. The first-order valence-electron chi connectivity index (χ1n) is 7.70. The maximum Gasteiger partial charge on any atom is 0.242 e. The van der Waals surface area contributed by atoms with Crippen LogP contribution >= 0.6 is 12.4 Å². The molecule has 2 atom stereocenters. The number of amides is 1. The van der Waals surface area contributed by atoms with Gasteiger partial charge in [0.1, 0.15) is 5.75 Å². The second-order valence-corrected chi connectivity index (χ2v) is 6.18. The fourth-order valence-corrected chi connectivity index (χ4v) is 3.08. The van der Waals surface area contributed by atoms with E-state index in [4.69, 9.17) is 10.5 Å². The van der Waals surface area contributed by atoms with E-state index in [2.05, 4.69) is 19.1 Å². The predicted molar refractivity (Wildman–Crippen MR) is 91.7 cm³/mol. The molecule has 1 saturated heterocycles. The van der Waals surface area contributed by atoms with Crippen molar-refractivity contribution in [2.75, 3.05) is 20.2 Å². The number of methoxy groups -OCH3 is 1. The van der Waals surface area contributed by atoms with E-state index in [0.29, 0.717) is 5.92 Å². The van der Waals surface area contributed by atoms with Crippen molar-refractivity contribution in [1.29, 1.82) is 0 Å². The molecule has 124 valence electrons. The van der Waals surface area contributed by atoms with Gasteiger partial charge in [-0.2, -0.15) is 0 Å². The van der Waals surface area contributed by atoms with Gasteiger partial charge in [-0.05, 0) is 37.5 Å². The Kier molecular flexibility index (Phi) is 6.69. The first-order valence-corrected chi connectivity index (χ1v) is 7.70. The first kappa shape index (κ1) is 18.8. The van der Waals surface area contributed by atoms with Gasteiger partial charge < -0.3 is 15.4 Å². The third kappa shape index (κ3) is 4.14. The third-order valence-corrected chi connectivity index (χ3v) is 4.32. The Labute approximate surface area is 139 Å². The van der Waals surface area contributed by atoms with Gasteiger partial charge >= 0.3 is 0 Å². The van der Waals surface area contributed by atoms with E-state index in [-0.39, 0.29) is 18.3 Å². The molecule has 0 bridgehead atoms. The highest BCUT2D eigenvalue weighted by Gasteiger charge is 2.36. The minimum Gasteiger partial charge on any atom is -0.497 e. The average molecular weight is 327 g/mol. The van der Waals surface area contributed by atoms with Gasteiger partial charge in [0.15, 0.2) is 0 Å². The molecule has 0 saturated carbocycles. The molecule has 5 heteroatoms. The molecule has 2 unspecified atom stereocenters. The number of likely N-dealkylation sites (tertiary alicyclic amines) is 1. The van der Waals surface area contributed by atoms with Crippen molar-refractivity contribution in [3.63, 3.8) is 0 Å². The highest BCUT2D eigenvalue weighted by molar-refractivity contribution is 5.86. The number of carbonyl (C=O) groups excluding carboxylic acids is 1. The normalized spacial score (nSPS) is 20.2. The lowest BCUT2D eigenvalue weighted by Gasteiger charge is -2.29. The van der Waals surface area contributed by atoms with Crippen LogP contribution in [-0.4, -0.2) is 36.5 Å². The number of nitrogens with two attached hydrogens (primary N) is 1. The van der Waals surface area contributed by atoms with Gasteiger partial charge in [0, 0.05) is 19.0 Å². The quantitative estimate of drug-likeness (QED) is 0.905. The van der Waals surface area contributed by atoms with Crippen LogP contribution in [0, 0.1) is 0 Å². The summed E-state index contributed by atoms with van der Waals surface area (Å²) in [5.41, 5.74) is 6.70. The number of ether oxygens (including phenoxy) is 1. The van der Waals surface area contributed by atoms with Crippen LogP contribution in [0.1, 0.15) is 44.6 Å². The number of hydrogen-bond donors (Lipinski definition) is 1. The SMILES string of the molecule is CCCC(C)(N)C(=O)N1CCC(c2ccc(OC)cc2)C1.Cl. The minimum absolute atomic E-state index is 0. The van der Waals surface area contributed by atoms with Gasteiger partial charge in [-0.15, -0.1) is 12.4 Å². The summed E-state index contributed by atoms with van der Waals surface area (Å²) in [6.45, 7) is 5.47. The fraction of sp³-hybridized carbons (Fsp3) is 0.588. The van der Waals surface area contributed by atoms with Crippen molar-refractivity contribution < 1.29 is 9.53 Å². The van der Waals surface area contributed by atoms with Crippen LogP contribution in [-0.2, 0) is 4.79 Å². The van der Waals surface area contributed by atoms with Crippen LogP contribution in [0.3, 0.4) is 0 Å². The van der Waals surface area contributed by atoms with E-state index in [1.165, 1.54) is 5.56 Å². The summed E-state index contributed by atoms with van der Waals surface area (Å²) in [6, 6.07) is 8.13. The Balaban J connectivity index is 0.00000242. The van der Waals surface area contributed by atoms with E-state index < -0.39 is 5.54 Å². The second-order valence-electron chi connectivity index (χ2n) is 6.18. The molecule has 1 aliphatic rings. The van der Waals surface area contributed by atoms with Gasteiger partial charge in [0.25, 0.3) is 0 Å². The highest BCUT2D eigenvalue weighted by Crippen LogP contribution is 2.30. The molecule has 1 amide bonds. The Morgan fingerprint density at radius 2 is 2.05 bits per heavy atom. The molecule has 1 aromatic rings. The monoisotopic (exact) mass is 326 g/mol. The molecule has 0 radical (unpaired) electrons. The molecule has 22 heavy (non-hydrogen) atoms. The molecule has 4 nitrogen and oxygen atoms in total. The molecular formula is C17H27ClN2O2. The number of rotatable bonds is 5. The number of hydrogen-bond acceptors (Lipinski definition) is 3. The zero-order valence-electron chi connectivity index (χ0n) is 13.7. The van der Waals surface area contributed by atoms with E-state index in [1.54, 1.807) is 7.11 Å². The molecule has 0 aliphatic carbocycles. The van der Waals surface area contributed by atoms with E-state index in [9.17, 15) is 4.79 Å². The number of carbonyl (C=O) groups is 1. The van der Waals surface area contributed by atoms with Crippen LogP contribution in [0.4, 0.5) is 0 Å². The smallest absolute Gasteiger partial charge is 0.242 e. The van der Waals surface area contributed by atoms with Crippen LogP contribution < -0.4 is 10.5 Å². The number of benzene rings is 1. The van der Waals surface area contributed by atoms with Gasteiger partial charge in [0.2, 0.25) is 5.91 Å². The largest absolute Gasteiger partial charge is 0.497 e. The standard InChI is InChI=1S/C17H26N2O2.ClH/c1-4-10-17(2,18)16(20)19-11-9-14(12-19)13-5-7-15(21-3)8-6-13;/h5-8,14H,4,9-12,18H2,1-3H3;1H. The molecular weight excluding hydrogens is 300 g/mol. The van der Waals surface area contributed by atoms with Gasteiger partial charge in [-0.1, -0.05) is 25.5 Å². The molecule has 1 aromatic carbocycles. The number of nitrogens with zero attached hydrogens (tertiary/aromatic N) is 1. The first-order chi connectivity index (χ1) is 9.97. The topological polar surface area (TPSA) is 55.6 Å². The maximum atomic E-state index is 12.5. The summed E-state index contributed by atoms with van der Waals surface area (Å²) in [7, 11) is 1.67. The van der Waals surface area contributed by atoms with Gasteiger partial charge in [-0.3, -0.25) is 4.79 Å². The fourth-order valence-electron chi connectivity index (χ4n) is 3.08. The summed E-state index contributed by atoms with van der Waals surface area (Å²) in [4.78, 5) is 14.4. The van der Waals surface area contributed by atoms with Crippen LogP contribution in [0.5, 0.6) is 5.75 Å². The maximum absolute atomic E-state index is 12.5. The Bertz CT molecular complexity index is 488. The van der Waals surface area contributed by atoms with Crippen molar-refractivity contribution >= 4 is 18.3 Å². The molecule has 1 heterocycles. The van der Waals surface area contributed by atoms with Crippen molar-refractivity contribution in [1.82, 2.24) is 4.90 Å². The minimum atomic E-state index is -0.733. The summed E-state index contributed by atoms with van der Waals surface area (Å²) in [5.74, 6) is 1.35. The van der Waals surface area contributed by atoms with Crippen molar-refractivity contribution in [2.24, 2.45) is 5.73 Å². The van der Waals surface area contributed by atoms with Crippen LogP contribution in [0.25, 0.3) is 0 Å². The Morgan fingerprint density at radius 3 is 2.59 bits per heavy atom. The van der Waals surface area contributed by atoms with E-state index in [1.807, 2.05) is 24.0 Å². The van der Waals surface area contributed by atoms with Crippen molar-refractivity contribution in [3.05, 3.63) is 29.8 Å². The average Bonchev–Trinajstić information content (AvgIpc) is 2.96. The molecule has 1 fully saturated rings. The Hall–Kier alpha value is -1.26. The molecule has 0 aromatic heterocycles. The Morgan fingerprint density at radius 1 is 1.41 bits per heavy atom. The van der Waals surface area contributed by atoms with E-state index >= 15 is 0 Å². The third-order valence-electron chi connectivity index (χ3n) is 4.32. The summed E-state index contributed by atoms with van der Waals surface area (Å²) in [5, 5.41) is 0. The zero-order valence-corrected chi connectivity index (χ0v) is 14.5. The molecule has 2 N–H and O–H groups in total. The highest BCUT2D eigenvalue weighted by atomic mass is 35.5. The van der Waals surface area contributed by atoms with Gasteiger partial charge in [0.05, 0.1) is 12.6 Å². The second kappa shape index (κ2) is 7.84.